The number of H-pyrrole nitrogens is 1. The molecule has 0 bridgehead atoms. The van der Waals surface area contributed by atoms with Crippen molar-refractivity contribution in [3.8, 4) is 0 Å². The van der Waals surface area contributed by atoms with Gasteiger partial charge in [0.2, 0.25) is 0 Å². The molecule has 1 aromatic heterocycles. The van der Waals surface area contributed by atoms with Crippen molar-refractivity contribution in [3.63, 3.8) is 0 Å². The summed E-state index contributed by atoms with van der Waals surface area (Å²) in [6.45, 7) is 4.48. The predicted octanol–water partition coefficient (Wildman–Crippen LogP) is 4.58. The number of fused-ring (bicyclic) bond motifs is 2. The Kier molecular flexibility index (Phi) is 3.42. The Labute approximate surface area is 140 Å². The number of hydrogen-bond acceptors (Lipinski definition) is 3. The number of rotatable bonds is 2. The van der Waals surface area contributed by atoms with Crippen molar-refractivity contribution in [3.05, 3.63) is 65.1 Å². The van der Waals surface area contributed by atoms with Crippen LogP contribution in [-0.4, -0.2) is 15.5 Å². The van der Waals surface area contributed by atoms with Crippen molar-refractivity contribution >= 4 is 28.5 Å². The molecule has 1 aliphatic heterocycles. The molecule has 0 amide bonds. The molecule has 0 aliphatic carbocycles. The van der Waals surface area contributed by atoms with E-state index in [1.807, 2.05) is 18.2 Å². The van der Waals surface area contributed by atoms with Crippen molar-refractivity contribution < 1.29 is 0 Å². The highest BCUT2D eigenvalue weighted by molar-refractivity contribution is 8.02. The van der Waals surface area contributed by atoms with E-state index in [-0.39, 0.29) is 5.54 Å². The van der Waals surface area contributed by atoms with Crippen LogP contribution in [0.25, 0.3) is 16.7 Å². The van der Waals surface area contributed by atoms with Crippen LogP contribution in [0.3, 0.4) is 0 Å². The highest BCUT2D eigenvalue weighted by atomic mass is 32.2. The highest BCUT2D eigenvalue weighted by Gasteiger charge is 2.27. The summed E-state index contributed by atoms with van der Waals surface area (Å²) in [5.41, 5.74) is 6.00. The zero-order valence-electron chi connectivity index (χ0n) is 13.3. The summed E-state index contributed by atoms with van der Waals surface area (Å²) in [5.74, 6) is 0. The quantitative estimate of drug-likeness (QED) is 0.679. The number of para-hydroxylation sites is 2. The lowest BCUT2D eigenvalue weighted by molar-refractivity contribution is 0.437. The van der Waals surface area contributed by atoms with Crippen molar-refractivity contribution in [1.29, 1.82) is 0 Å². The van der Waals surface area contributed by atoms with Gasteiger partial charge in [0.15, 0.2) is 5.16 Å². The van der Waals surface area contributed by atoms with Gasteiger partial charge in [-0.3, -0.25) is 0 Å². The second-order valence-electron chi connectivity index (χ2n) is 6.55. The van der Waals surface area contributed by atoms with E-state index in [0.29, 0.717) is 0 Å². The molecule has 0 saturated heterocycles. The van der Waals surface area contributed by atoms with Crippen molar-refractivity contribution in [2.45, 2.75) is 31.0 Å². The third kappa shape index (κ3) is 2.86. The summed E-state index contributed by atoms with van der Waals surface area (Å²) in [7, 11) is 0. The van der Waals surface area contributed by atoms with Gasteiger partial charge in [-0.15, -0.1) is 0 Å². The standard InChI is InChI=1S/C19H19N3S/c1-19(2)11-13-7-3-4-8-14(13)17(22-19)12-23-18-20-15-9-5-6-10-16(15)21-18/h3-10,12,22H,11H2,1-2H3,(H,20,21). The monoisotopic (exact) mass is 321 g/mol. The number of imidazole rings is 1. The van der Waals surface area contributed by atoms with Crippen LogP contribution in [0.15, 0.2) is 59.1 Å². The minimum Gasteiger partial charge on any atom is -0.379 e. The highest BCUT2D eigenvalue weighted by Crippen LogP contribution is 2.32. The first-order valence-electron chi connectivity index (χ1n) is 7.79. The number of benzene rings is 2. The molecule has 0 atom stereocenters. The summed E-state index contributed by atoms with van der Waals surface area (Å²) < 4.78 is 0. The molecule has 2 N–H and O–H groups in total. The second kappa shape index (κ2) is 5.46. The Hall–Kier alpha value is -2.20. The lowest BCUT2D eigenvalue weighted by atomic mass is 9.86. The number of thioether (sulfide) groups is 1. The summed E-state index contributed by atoms with van der Waals surface area (Å²) in [5, 5.41) is 6.73. The fourth-order valence-electron chi connectivity index (χ4n) is 3.08. The Morgan fingerprint density at radius 3 is 2.74 bits per heavy atom. The van der Waals surface area contributed by atoms with E-state index in [4.69, 9.17) is 0 Å². The van der Waals surface area contributed by atoms with Gasteiger partial charge in [0.05, 0.1) is 11.0 Å². The van der Waals surface area contributed by atoms with E-state index >= 15 is 0 Å². The molecule has 0 unspecified atom stereocenters. The van der Waals surface area contributed by atoms with Crippen LogP contribution in [0.5, 0.6) is 0 Å². The third-order valence-electron chi connectivity index (χ3n) is 4.07. The van der Waals surface area contributed by atoms with E-state index in [9.17, 15) is 0 Å². The Bertz CT molecular complexity index is 859. The van der Waals surface area contributed by atoms with Gasteiger partial charge < -0.3 is 10.3 Å². The molecule has 1 aliphatic rings. The Balaban J connectivity index is 1.67. The molecule has 0 saturated carbocycles. The number of nitrogens with zero attached hydrogens (tertiary/aromatic N) is 1. The first-order chi connectivity index (χ1) is 11.1. The van der Waals surface area contributed by atoms with Gasteiger partial charge in [-0.25, -0.2) is 4.98 Å². The molecule has 0 fully saturated rings. The topological polar surface area (TPSA) is 40.7 Å². The van der Waals surface area contributed by atoms with E-state index in [0.717, 1.165) is 22.6 Å². The third-order valence-corrected chi connectivity index (χ3v) is 4.84. The number of nitrogens with one attached hydrogen (secondary N) is 2. The van der Waals surface area contributed by atoms with Gasteiger partial charge in [-0.1, -0.05) is 48.2 Å². The molecule has 4 heteroatoms. The minimum atomic E-state index is 0.0641. The van der Waals surface area contributed by atoms with Crippen LogP contribution < -0.4 is 5.32 Å². The largest absolute Gasteiger partial charge is 0.379 e. The molecule has 116 valence electrons. The number of aromatic nitrogens is 2. The fourth-order valence-corrected chi connectivity index (χ4v) is 3.82. The van der Waals surface area contributed by atoms with Crippen LogP contribution >= 0.6 is 11.8 Å². The van der Waals surface area contributed by atoms with E-state index in [1.165, 1.54) is 16.8 Å². The first kappa shape index (κ1) is 14.4. The molecule has 0 radical (unpaired) electrons. The maximum absolute atomic E-state index is 4.62. The van der Waals surface area contributed by atoms with E-state index in [2.05, 4.69) is 64.9 Å². The van der Waals surface area contributed by atoms with Crippen molar-refractivity contribution in [2.24, 2.45) is 0 Å². The molecule has 4 rings (SSSR count). The summed E-state index contributed by atoms with van der Waals surface area (Å²) in [6, 6.07) is 16.7. The van der Waals surface area contributed by atoms with E-state index in [1.54, 1.807) is 11.8 Å². The van der Waals surface area contributed by atoms with Crippen LogP contribution in [0.1, 0.15) is 25.0 Å². The molecule has 3 aromatic rings. The fraction of sp³-hybridized carbons (Fsp3) is 0.211. The molecule has 2 heterocycles. The van der Waals surface area contributed by atoms with Gasteiger partial charge in [-0.2, -0.15) is 0 Å². The maximum atomic E-state index is 4.62. The summed E-state index contributed by atoms with van der Waals surface area (Å²) in [6.07, 6.45) is 1.04. The Morgan fingerprint density at radius 1 is 1.09 bits per heavy atom. The van der Waals surface area contributed by atoms with Gasteiger partial charge in [-0.05, 0) is 38.0 Å². The number of hydrogen-bond donors (Lipinski definition) is 2. The number of aromatic amines is 1. The minimum absolute atomic E-state index is 0.0641. The normalized spacial score (nSPS) is 17.9. The maximum Gasteiger partial charge on any atom is 0.170 e. The average molecular weight is 321 g/mol. The van der Waals surface area contributed by atoms with Gasteiger partial charge in [0, 0.05) is 22.2 Å². The SMILES string of the molecule is CC1(C)Cc2ccccc2C(=CSc2nc3ccccc3[nH]2)N1. The smallest absolute Gasteiger partial charge is 0.170 e. The predicted molar refractivity (Wildman–Crippen MR) is 97.3 cm³/mol. The Morgan fingerprint density at radius 2 is 1.87 bits per heavy atom. The summed E-state index contributed by atoms with van der Waals surface area (Å²) in [4.78, 5) is 7.98. The molecule has 2 aromatic carbocycles. The van der Waals surface area contributed by atoms with E-state index < -0.39 is 0 Å². The molecule has 3 nitrogen and oxygen atoms in total. The van der Waals surface area contributed by atoms with Crippen LogP contribution in [-0.2, 0) is 6.42 Å². The molecule has 23 heavy (non-hydrogen) atoms. The second-order valence-corrected chi connectivity index (χ2v) is 7.41. The lowest BCUT2D eigenvalue weighted by Gasteiger charge is -2.35. The molecular weight excluding hydrogens is 302 g/mol. The van der Waals surface area contributed by atoms with Crippen molar-refractivity contribution in [2.75, 3.05) is 0 Å². The van der Waals surface area contributed by atoms with Gasteiger partial charge >= 0.3 is 0 Å². The molecular formula is C19H19N3S. The molecule has 0 spiro atoms. The van der Waals surface area contributed by atoms with Gasteiger partial charge in [0.1, 0.15) is 0 Å². The first-order valence-corrected chi connectivity index (χ1v) is 8.67. The zero-order valence-corrected chi connectivity index (χ0v) is 14.1. The van der Waals surface area contributed by atoms with Crippen molar-refractivity contribution in [1.82, 2.24) is 15.3 Å². The zero-order chi connectivity index (χ0) is 15.9. The van der Waals surface area contributed by atoms with Crippen LogP contribution in [0.4, 0.5) is 0 Å². The lowest BCUT2D eigenvalue weighted by Crippen LogP contribution is -2.43. The van der Waals surface area contributed by atoms with Crippen LogP contribution in [0.2, 0.25) is 0 Å². The van der Waals surface area contributed by atoms with Crippen LogP contribution in [0, 0.1) is 0 Å². The summed E-state index contributed by atoms with van der Waals surface area (Å²) >= 11 is 1.63. The van der Waals surface area contributed by atoms with Gasteiger partial charge in [0.25, 0.3) is 0 Å². The average Bonchev–Trinajstić information content (AvgIpc) is 2.94.